The minimum absolute atomic E-state index is 0.0565. The second-order valence-corrected chi connectivity index (χ2v) is 8.45. The summed E-state index contributed by atoms with van der Waals surface area (Å²) in [6, 6.07) is 2.58. The van der Waals surface area contributed by atoms with Crippen LogP contribution in [-0.2, 0) is 27.2 Å². The molecule has 2 aliphatic rings. The fourth-order valence-corrected chi connectivity index (χ4v) is 4.93. The number of nitrogens with one attached hydrogen (secondary N) is 1. The Morgan fingerprint density at radius 3 is 2.70 bits per heavy atom. The predicted octanol–water partition coefficient (Wildman–Crippen LogP) is 2.56. The van der Waals surface area contributed by atoms with E-state index < -0.39 is 28.8 Å². The molecule has 1 aliphatic heterocycles. The van der Waals surface area contributed by atoms with Gasteiger partial charge in [-0.25, -0.2) is 4.79 Å². The van der Waals surface area contributed by atoms with Gasteiger partial charge in [0, 0.05) is 11.0 Å². The Labute approximate surface area is 191 Å². The SMILES string of the molecule is CC(OC(=O)/C=C/c1cc2c(cc1[N+](=O)[O-])OCO2)C(=O)Nc1sc2c(c1C(N)=O)CCC2. The molecule has 0 bridgehead atoms. The van der Waals surface area contributed by atoms with Crippen molar-refractivity contribution in [3.05, 3.63) is 49.9 Å². The number of anilines is 1. The van der Waals surface area contributed by atoms with Crippen molar-refractivity contribution in [2.75, 3.05) is 12.1 Å². The first-order valence-corrected chi connectivity index (χ1v) is 10.8. The fourth-order valence-electron chi connectivity index (χ4n) is 3.63. The van der Waals surface area contributed by atoms with Gasteiger partial charge in [0.25, 0.3) is 17.5 Å². The second-order valence-electron chi connectivity index (χ2n) is 7.35. The molecule has 2 amide bonds. The Morgan fingerprint density at radius 1 is 1.27 bits per heavy atom. The molecule has 1 aromatic heterocycles. The van der Waals surface area contributed by atoms with Gasteiger partial charge in [0.15, 0.2) is 17.6 Å². The van der Waals surface area contributed by atoms with E-state index in [1.807, 2.05) is 0 Å². The van der Waals surface area contributed by atoms with Gasteiger partial charge in [-0.1, -0.05) is 0 Å². The number of carbonyl (C=O) groups excluding carboxylic acids is 3. The largest absolute Gasteiger partial charge is 0.454 e. The van der Waals surface area contributed by atoms with Crippen molar-refractivity contribution in [1.29, 1.82) is 0 Å². The number of rotatable bonds is 7. The molecule has 1 atom stereocenters. The molecule has 0 radical (unpaired) electrons. The summed E-state index contributed by atoms with van der Waals surface area (Å²) in [5.41, 5.74) is 6.48. The van der Waals surface area contributed by atoms with E-state index in [2.05, 4.69) is 5.32 Å². The first kappa shape index (κ1) is 22.3. The minimum atomic E-state index is -1.19. The smallest absolute Gasteiger partial charge is 0.331 e. The lowest BCUT2D eigenvalue weighted by atomic mass is 10.1. The molecule has 3 N–H and O–H groups in total. The second kappa shape index (κ2) is 8.90. The Balaban J connectivity index is 1.42. The molecule has 2 aromatic rings. The number of nitrogens with zero attached hydrogens (tertiary/aromatic N) is 1. The first-order chi connectivity index (χ1) is 15.7. The Kier molecular flexibility index (Phi) is 6.01. The zero-order chi connectivity index (χ0) is 23.7. The van der Waals surface area contributed by atoms with Gasteiger partial charge in [-0.3, -0.25) is 19.7 Å². The number of benzene rings is 1. The molecule has 1 unspecified atom stereocenters. The van der Waals surface area contributed by atoms with Crippen LogP contribution in [0.2, 0.25) is 0 Å². The van der Waals surface area contributed by atoms with E-state index in [4.69, 9.17) is 19.9 Å². The van der Waals surface area contributed by atoms with E-state index >= 15 is 0 Å². The van der Waals surface area contributed by atoms with Gasteiger partial charge in [0.05, 0.1) is 22.1 Å². The van der Waals surface area contributed by atoms with Crippen LogP contribution in [0.3, 0.4) is 0 Å². The van der Waals surface area contributed by atoms with Crippen molar-refractivity contribution in [2.24, 2.45) is 5.73 Å². The van der Waals surface area contributed by atoms with Crippen LogP contribution in [0.1, 0.15) is 39.7 Å². The van der Waals surface area contributed by atoms with Gasteiger partial charge in [-0.05, 0) is 43.9 Å². The van der Waals surface area contributed by atoms with Crippen LogP contribution in [-0.4, -0.2) is 35.6 Å². The topological polar surface area (TPSA) is 160 Å². The Hall–Kier alpha value is -3.93. The Morgan fingerprint density at radius 2 is 2.00 bits per heavy atom. The van der Waals surface area contributed by atoms with Crippen LogP contribution in [0.5, 0.6) is 11.5 Å². The number of nitro groups is 1. The average molecular weight is 473 g/mol. The quantitative estimate of drug-likeness (QED) is 0.268. The van der Waals surface area contributed by atoms with Gasteiger partial charge >= 0.3 is 5.97 Å². The zero-order valence-corrected chi connectivity index (χ0v) is 18.2. The number of fused-ring (bicyclic) bond motifs is 2. The maximum absolute atomic E-state index is 12.5. The van der Waals surface area contributed by atoms with Crippen LogP contribution < -0.4 is 20.5 Å². The lowest BCUT2D eigenvalue weighted by molar-refractivity contribution is -0.385. The average Bonchev–Trinajstić information content (AvgIpc) is 3.46. The zero-order valence-electron chi connectivity index (χ0n) is 17.4. The standard InChI is InChI=1S/C21H19N3O8S/c1-10(20(27)23-21-18(19(22)26)12-3-2-4-16(12)33-21)32-17(25)6-5-11-7-14-15(31-9-30-14)8-13(11)24(28)29/h5-8,10H,2-4,9H2,1H3,(H2,22,26)(H,23,27)/b6-5+. The number of carbonyl (C=O) groups is 3. The summed E-state index contributed by atoms with van der Waals surface area (Å²) in [7, 11) is 0. The van der Waals surface area contributed by atoms with E-state index in [0.29, 0.717) is 16.3 Å². The molecule has 0 fully saturated rings. The van der Waals surface area contributed by atoms with Gasteiger partial charge in [-0.2, -0.15) is 0 Å². The molecule has 12 heteroatoms. The molecule has 0 saturated heterocycles. The van der Waals surface area contributed by atoms with Crippen LogP contribution in [0.15, 0.2) is 18.2 Å². The van der Waals surface area contributed by atoms with E-state index in [1.54, 1.807) is 0 Å². The third kappa shape index (κ3) is 4.51. The number of amides is 2. The first-order valence-electron chi connectivity index (χ1n) is 9.96. The molecular formula is C21H19N3O8S. The van der Waals surface area contributed by atoms with Crippen molar-refractivity contribution in [1.82, 2.24) is 0 Å². The highest BCUT2D eigenvalue weighted by molar-refractivity contribution is 7.17. The predicted molar refractivity (Wildman–Crippen MR) is 117 cm³/mol. The van der Waals surface area contributed by atoms with Crippen molar-refractivity contribution >= 4 is 45.9 Å². The highest BCUT2D eigenvalue weighted by atomic mass is 32.1. The van der Waals surface area contributed by atoms with Crippen LogP contribution in [0, 0.1) is 10.1 Å². The van der Waals surface area contributed by atoms with Crippen molar-refractivity contribution in [2.45, 2.75) is 32.3 Å². The number of ether oxygens (including phenoxy) is 3. The maximum atomic E-state index is 12.5. The lowest BCUT2D eigenvalue weighted by Crippen LogP contribution is -2.30. The molecule has 172 valence electrons. The summed E-state index contributed by atoms with van der Waals surface area (Å²) in [5.74, 6) is -1.58. The van der Waals surface area contributed by atoms with Gasteiger partial charge in [-0.15, -0.1) is 11.3 Å². The monoisotopic (exact) mass is 473 g/mol. The van der Waals surface area contributed by atoms with E-state index in [-0.39, 0.29) is 23.8 Å². The van der Waals surface area contributed by atoms with E-state index in [9.17, 15) is 24.5 Å². The number of nitrogens with two attached hydrogens (primary N) is 1. The molecule has 0 saturated carbocycles. The number of esters is 1. The van der Waals surface area contributed by atoms with Gasteiger partial charge in [0.1, 0.15) is 5.00 Å². The number of primary amides is 1. The number of thiophene rings is 1. The molecule has 0 spiro atoms. The molecule has 1 aliphatic carbocycles. The maximum Gasteiger partial charge on any atom is 0.331 e. The summed E-state index contributed by atoms with van der Waals surface area (Å²) < 4.78 is 15.4. The molecule has 2 heterocycles. The van der Waals surface area contributed by atoms with Crippen LogP contribution in [0.4, 0.5) is 10.7 Å². The fraction of sp³-hybridized carbons (Fsp3) is 0.286. The summed E-state index contributed by atoms with van der Waals surface area (Å²) in [6.07, 6.45) is 3.45. The third-order valence-electron chi connectivity index (χ3n) is 5.18. The van der Waals surface area contributed by atoms with Crippen molar-refractivity contribution in [3.8, 4) is 11.5 Å². The van der Waals surface area contributed by atoms with Gasteiger partial charge in [0.2, 0.25) is 6.79 Å². The number of hydrogen-bond acceptors (Lipinski definition) is 9. The summed E-state index contributed by atoms with van der Waals surface area (Å²) in [6.45, 7) is 1.31. The Bertz CT molecular complexity index is 1200. The molecule has 1 aromatic carbocycles. The van der Waals surface area contributed by atoms with Crippen molar-refractivity contribution in [3.63, 3.8) is 0 Å². The van der Waals surface area contributed by atoms with E-state index in [1.165, 1.54) is 36.5 Å². The van der Waals surface area contributed by atoms with Crippen LogP contribution >= 0.6 is 11.3 Å². The normalized spacial score (nSPS) is 14.7. The van der Waals surface area contributed by atoms with E-state index in [0.717, 1.165) is 35.8 Å². The highest BCUT2D eigenvalue weighted by Gasteiger charge is 2.28. The third-order valence-corrected chi connectivity index (χ3v) is 6.39. The molecule has 33 heavy (non-hydrogen) atoms. The number of aryl methyl sites for hydroxylation is 1. The van der Waals surface area contributed by atoms with Crippen molar-refractivity contribution < 1.29 is 33.5 Å². The summed E-state index contributed by atoms with van der Waals surface area (Å²) in [4.78, 5) is 48.3. The van der Waals surface area contributed by atoms with Gasteiger partial charge < -0.3 is 25.3 Å². The molecule has 11 nitrogen and oxygen atoms in total. The lowest BCUT2D eigenvalue weighted by Gasteiger charge is -2.12. The highest BCUT2D eigenvalue weighted by Crippen LogP contribution is 2.39. The number of nitro benzene ring substituents is 1. The summed E-state index contributed by atoms with van der Waals surface area (Å²) in [5, 5.41) is 14.3. The molecule has 4 rings (SSSR count). The summed E-state index contributed by atoms with van der Waals surface area (Å²) >= 11 is 1.29. The minimum Gasteiger partial charge on any atom is -0.454 e. The number of hydrogen-bond donors (Lipinski definition) is 2. The molecular weight excluding hydrogens is 454 g/mol. The van der Waals surface area contributed by atoms with Crippen LogP contribution in [0.25, 0.3) is 6.08 Å².